The van der Waals surface area contributed by atoms with Crippen molar-refractivity contribution >= 4 is 28.3 Å². The summed E-state index contributed by atoms with van der Waals surface area (Å²) in [5, 5.41) is 1.53. The van der Waals surface area contributed by atoms with Gasteiger partial charge in [0.1, 0.15) is 5.69 Å². The molecule has 0 atom stereocenters. The van der Waals surface area contributed by atoms with Crippen LogP contribution in [0.4, 0.5) is 5.69 Å². The third-order valence-corrected chi connectivity index (χ3v) is 3.08. The molecule has 0 bridgehead atoms. The first kappa shape index (κ1) is 11.1. The number of hydrogen-bond donors (Lipinski definition) is 1. The Labute approximate surface area is 109 Å². The van der Waals surface area contributed by atoms with E-state index in [1.807, 2.05) is 31.2 Å². The maximum Gasteiger partial charge on any atom is 0.155 e. The predicted octanol–water partition coefficient (Wildman–Crippen LogP) is 4.04. The number of halogens is 1. The number of rotatable bonds is 1. The van der Waals surface area contributed by atoms with E-state index in [4.69, 9.17) is 21.8 Å². The fraction of sp³-hybridized carbons (Fsp3) is 0.0714. The van der Waals surface area contributed by atoms with Gasteiger partial charge in [0.05, 0.1) is 10.7 Å². The third kappa shape index (κ3) is 1.73. The molecule has 0 spiro atoms. The molecule has 0 unspecified atom stereocenters. The molecule has 2 heterocycles. The van der Waals surface area contributed by atoms with Crippen molar-refractivity contribution in [3.63, 3.8) is 0 Å². The van der Waals surface area contributed by atoms with Crippen molar-refractivity contribution in [2.75, 3.05) is 5.73 Å². The maximum atomic E-state index is 6.08. The van der Waals surface area contributed by atoms with Crippen LogP contribution in [-0.2, 0) is 0 Å². The average molecular weight is 259 g/mol. The van der Waals surface area contributed by atoms with Crippen molar-refractivity contribution in [1.82, 2.24) is 4.98 Å². The van der Waals surface area contributed by atoms with E-state index in [1.54, 1.807) is 12.3 Å². The lowest BCUT2D eigenvalue weighted by Gasteiger charge is -2.01. The van der Waals surface area contributed by atoms with Crippen LogP contribution in [0.25, 0.3) is 22.4 Å². The molecule has 2 N–H and O–H groups in total. The molecule has 3 aromatic rings. The molecule has 0 aliphatic rings. The lowest BCUT2D eigenvalue weighted by molar-refractivity contribution is 0.629. The normalized spacial score (nSPS) is 11.0. The molecule has 0 aliphatic heterocycles. The quantitative estimate of drug-likeness (QED) is 0.717. The zero-order valence-corrected chi connectivity index (χ0v) is 10.5. The lowest BCUT2D eigenvalue weighted by atomic mass is 10.2. The highest BCUT2D eigenvalue weighted by Gasteiger charge is 2.12. The molecule has 0 saturated carbocycles. The van der Waals surface area contributed by atoms with Crippen LogP contribution in [0.1, 0.15) is 5.56 Å². The number of para-hydroxylation sites is 1. The second kappa shape index (κ2) is 4.03. The Morgan fingerprint density at radius 1 is 1.28 bits per heavy atom. The summed E-state index contributed by atoms with van der Waals surface area (Å²) < 4.78 is 5.73. The van der Waals surface area contributed by atoms with Crippen molar-refractivity contribution in [3.8, 4) is 11.5 Å². The highest BCUT2D eigenvalue weighted by molar-refractivity contribution is 6.34. The van der Waals surface area contributed by atoms with E-state index in [2.05, 4.69) is 4.98 Å². The van der Waals surface area contributed by atoms with Gasteiger partial charge >= 0.3 is 0 Å². The van der Waals surface area contributed by atoms with Gasteiger partial charge in [-0.25, -0.2) is 0 Å². The van der Waals surface area contributed by atoms with Gasteiger partial charge in [0, 0.05) is 11.6 Å². The van der Waals surface area contributed by atoms with E-state index in [9.17, 15) is 0 Å². The molecule has 4 heteroatoms. The Morgan fingerprint density at radius 2 is 2.11 bits per heavy atom. The molecular formula is C14H11ClN2O. The molecular weight excluding hydrogens is 248 g/mol. The molecule has 0 aliphatic carbocycles. The third-order valence-electron chi connectivity index (χ3n) is 2.78. The zero-order chi connectivity index (χ0) is 12.7. The summed E-state index contributed by atoms with van der Waals surface area (Å²) in [6.07, 6.45) is 1.76. The van der Waals surface area contributed by atoms with Gasteiger partial charge in [0.2, 0.25) is 0 Å². The lowest BCUT2D eigenvalue weighted by Crippen LogP contribution is -1.93. The summed E-state index contributed by atoms with van der Waals surface area (Å²) in [6.45, 7) is 1.95. The van der Waals surface area contributed by atoms with Gasteiger partial charge in [-0.3, -0.25) is 4.98 Å². The molecule has 0 radical (unpaired) electrons. The smallest absolute Gasteiger partial charge is 0.155 e. The molecule has 1 aromatic carbocycles. The fourth-order valence-electron chi connectivity index (χ4n) is 1.94. The van der Waals surface area contributed by atoms with Gasteiger partial charge in [-0.05, 0) is 30.7 Å². The minimum Gasteiger partial charge on any atom is -0.453 e. The monoisotopic (exact) mass is 258 g/mol. The van der Waals surface area contributed by atoms with Crippen molar-refractivity contribution in [1.29, 1.82) is 0 Å². The van der Waals surface area contributed by atoms with E-state index >= 15 is 0 Å². The molecule has 18 heavy (non-hydrogen) atoms. The summed E-state index contributed by atoms with van der Waals surface area (Å²) in [4.78, 5) is 4.31. The largest absolute Gasteiger partial charge is 0.453 e. The molecule has 0 amide bonds. The Balaban J connectivity index is 2.23. The Morgan fingerprint density at radius 3 is 2.83 bits per heavy atom. The second-order valence-electron chi connectivity index (χ2n) is 4.22. The highest BCUT2D eigenvalue weighted by Crippen LogP contribution is 2.33. The van der Waals surface area contributed by atoms with Crippen molar-refractivity contribution in [2.24, 2.45) is 0 Å². The minimum atomic E-state index is 0.587. The number of aryl methyl sites for hydroxylation is 1. The van der Waals surface area contributed by atoms with Gasteiger partial charge in [-0.2, -0.15) is 0 Å². The SMILES string of the molecule is Cc1cnc(-c2cc3cccc(Cl)c3o2)c(N)c1. The Bertz CT molecular complexity index is 734. The first-order valence-corrected chi connectivity index (χ1v) is 5.93. The maximum absolute atomic E-state index is 6.08. The van der Waals surface area contributed by atoms with Crippen LogP contribution < -0.4 is 5.73 Å². The van der Waals surface area contributed by atoms with Crippen LogP contribution in [0.5, 0.6) is 0 Å². The van der Waals surface area contributed by atoms with E-state index in [0.29, 0.717) is 27.7 Å². The number of hydrogen-bond acceptors (Lipinski definition) is 3. The van der Waals surface area contributed by atoms with E-state index in [-0.39, 0.29) is 0 Å². The van der Waals surface area contributed by atoms with Crippen LogP contribution >= 0.6 is 11.6 Å². The summed E-state index contributed by atoms with van der Waals surface area (Å²) in [6, 6.07) is 9.39. The first-order valence-electron chi connectivity index (χ1n) is 5.56. The van der Waals surface area contributed by atoms with Crippen molar-refractivity contribution in [3.05, 3.63) is 47.1 Å². The fourth-order valence-corrected chi connectivity index (χ4v) is 2.16. The number of benzene rings is 1. The van der Waals surface area contributed by atoms with Gasteiger partial charge in [-0.15, -0.1) is 0 Å². The van der Waals surface area contributed by atoms with Crippen LogP contribution in [0, 0.1) is 6.92 Å². The average Bonchev–Trinajstić information content (AvgIpc) is 2.74. The summed E-state index contributed by atoms with van der Waals surface area (Å²) in [5.41, 5.74) is 8.89. The van der Waals surface area contributed by atoms with E-state index in [1.165, 1.54) is 0 Å². The Hall–Kier alpha value is -2.00. The molecule has 3 rings (SSSR count). The van der Waals surface area contributed by atoms with Crippen LogP contribution in [-0.4, -0.2) is 4.98 Å². The minimum absolute atomic E-state index is 0.587. The number of aromatic nitrogens is 1. The number of nitrogens with zero attached hydrogens (tertiary/aromatic N) is 1. The molecule has 3 nitrogen and oxygen atoms in total. The summed E-state index contributed by atoms with van der Waals surface area (Å²) in [5.74, 6) is 0.635. The number of nitrogen functional groups attached to an aromatic ring is 1. The number of pyridine rings is 1. The topological polar surface area (TPSA) is 52.0 Å². The molecule has 0 fully saturated rings. The summed E-state index contributed by atoms with van der Waals surface area (Å²) in [7, 11) is 0. The number of nitrogens with two attached hydrogens (primary N) is 1. The van der Waals surface area contributed by atoms with Crippen LogP contribution in [0.3, 0.4) is 0 Å². The number of fused-ring (bicyclic) bond motifs is 1. The van der Waals surface area contributed by atoms with Crippen LogP contribution in [0.15, 0.2) is 40.9 Å². The van der Waals surface area contributed by atoms with Gasteiger partial charge < -0.3 is 10.2 Å². The zero-order valence-electron chi connectivity index (χ0n) is 9.77. The second-order valence-corrected chi connectivity index (χ2v) is 4.63. The van der Waals surface area contributed by atoms with Crippen molar-refractivity contribution in [2.45, 2.75) is 6.92 Å². The first-order chi connectivity index (χ1) is 8.65. The van der Waals surface area contributed by atoms with Gasteiger partial charge in [0.25, 0.3) is 0 Å². The highest BCUT2D eigenvalue weighted by atomic mass is 35.5. The predicted molar refractivity (Wildman–Crippen MR) is 73.6 cm³/mol. The van der Waals surface area contributed by atoms with Crippen molar-refractivity contribution < 1.29 is 4.42 Å². The molecule has 90 valence electrons. The number of furan rings is 1. The van der Waals surface area contributed by atoms with E-state index < -0.39 is 0 Å². The Kier molecular flexibility index (Phi) is 2.49. The standard InChI is InChI=1S/C14H11ClN2O/c1-8-5-11(16)13(17-7-8)12-6-9-3-2-4-10(15)14(9)18-12/h2-7H,16H2,1H3. The van der Waals surface area contributed by atoms with Gasteiger partial charge in [-0.1, -0.05) is 23.7 Å². The summed E-state index contributed by atoms with van der Waals surface area (Å²) >= 11 is 6.08. The molecule has 2 aromatic heterocycles. The number of anilines is 1. The van der Waals surface area contributed by atoms with E-state index in [0.717, 1.165) is 10.9 Å². The molecule has 0 saturated heterocycles. The van der Waals surface area contributed by atoms with Gasteiger partial charge in [0.15, 0.2) is 11.3 Å². The van der Waals surface area contributed by atoms with Crippen LogP contribution in [0.2, 0.25) is 5.02 Å².